The van der Waals surface area contributed by atoms with Crippen molar-refractivity contribution in [3.8, 4) is 11.1 Å². The highest BCUT2D eigenvalue weighted by Crippen LogP contribution is 2.51. The van der Waals surface area contributed by atoms with Gasteiger partial charge in [0.2, 0.25) is 0 Å². The van der Waals surface area contributed by atoms with Crippen LogP contribution >= 0.6 is 0 Å². The van der Waals surface area contributed by atoms with E-state index in [4.69, 9.17) is 9.47 Å². The van der Waals surface area contributed by atoms with Gasteiger partial charge >= 0.3 is 11.9 Å². The predicted molar refractivity (Wildman–Crippen MR) is 123 cm³/mol. The first kappa shape index (κ1) is 21.8. The molecule has 0 aromatic heterocycles. The number of ether oxygens (including phenoxy) is 2. The van der Waals surface area contributed by atoms with E-state index in [9.17, 15) is 9.59 Å². The molecule has 0 fully saturated rings. The maximum absolute atomic E-state index is 12.3. The molecule has 5 heteroatoms. The molecule has 5 nitrogen and oxygen atoms in total. The highest BCUT2D eigenvalue weighted by molar-refractivity contribution is 5.83. The van der Waals surface area contributed by atoms with Crippen LogP contribution in [-0.4, -0.2) is 32.2 Å². The van der Waals surface area contributed by atoms with Crippen LogP contribution in [0.15, 0.2) is 78.9 Å². The number of nitrogens with one attached hydrogen (secondary N) is 1. The van der Waals surface area contributed by atoms with E-state index in [2.05, 4.69) is 41.7 Å². The van der Waals surface area contributed by atoms with Gasteiger partial charge in [0.05, 0.1) is 26.2 Å². The smallest absolute Gasteiger partial charge is 0.307 e. The molecule has 32 heavy (non-hydrogen) atoms. The Labute approximate surface area is 188 Å². The van der Waals surface area contributed by atoms with E-state index in [1.54, 1.807) is 0 Å². The summed E-state index contributed by atoms with van der Waals surface area (Å²) in [4.78, 5) is 24.2. The number of benzene rings is 3. The van der Waals surface area contributed by atoms with E-state index < -0.39 is 5.54 Å². The molecule has 0 unspecified atom stereocenters. The lowest BCUT2D eigenvalue weighted by Crippen LogP contribution is -2.49. The van der Waals surface area contributed by atoms with E-state index in [1.165, 1.54) is 14.2 Å². The van der Waals surface area contributed by atoms with Crippen molar-refractivity contribution in [2.75, 3.05) is 14.2 Å². The zero-order valence-corrected chi connectivity index (χ0v) is 18.3. The summed E-state index contributed by atoms with van der Waals surface area (Å²) >= 11 is 0. The fourth-order valence-corrected chi connectivity index (χ4v) is 4.68. The first-order valence-electron chi connectivity index (χ1n) is 10.8. The van der Waals surface area contributed by atoms with Crippen molar-refractivity contribution in [2.45, 2.75) is 30.8 Å². The Morgan fingerprint density at radius 2 is 1.31 bits per heavy atom. The number of carbonyl (C=O) groups excluding carboxylic acids is 2. The lowest BCUT2D eigenvalue weighted by atomic mass is 9.79. The summed E-state index contributed by atoms with van der Waals surface area (Å²) in [7, 11) is 2.76. The summed E-state index contributed by atoms with van der Waals surface area (Å²) in [5.41, 5.74) is 4.97. The number of rotatable bonds is 8. The molecular weight excluding hydrogens is 402 g/mol. The first-order valence-corrected chi connectivity index (χ1v) is 10.8. The Balaban J connectivity index is 1.86. The fourth-order valence-electron chi connectivity index (χ4n) is 4.68. The monoisotopic (exact) mass is 429 g/mol. The Morgan fingerprint density at radius 3 is 1.88 bits per heavy atom. The Hall–Kier alpha value is -3.44. The van der Waals surface area contributed by atoms with Crippen molar-refractivity contribution in [1.82, 2.24) is 5.32 Å². The van der Waals surface area contributed by atoms with Crippen LogP contribution in [0.2, 0.25) is 0 Å². The quantitative estimate of drug-likeness (QED) is 0.537. The lowest BCUT2D eigenvalue weighted by molar-refractivity contribution is -0.143. The van der Waals surface area contributed by atoms with E-state index >= 15 is 0 Å². The summed E-state index contributed by atoms with van der Waals surface area (Å²) in [5, 5.41) is 3.79. The molecule has 0 radical (unpaired) electrons. The highest BCUT2D eigenvalue weighted by atomic mass is 16.5. The van der Waals surface area contributed by atoms with Gasteiger partial charge < -0.3 is 9.47 Å². The molecule has 3 aromatic rings. The minimum atomic E-state index is -0.663. The topological polar surface area (TPSA) is 64.6 Å². The molecule has 0 saturated carbocycles. The zero-order chi connectivity index (χ0) is 22.6. The van der Waals surface area contributed by atoms with Crippen molar-refractivity contribution in [2.24, 2.45) is 0 Å². The summed E-state index contributed by atoms with van der Waals surface area (Å²) in [5.74, 6) is -0.627. The normalized spacial score (nSPS) is 14.2. The van der Waals surface area contributed by atoms with E-state index in [-0.39, 0.29) is 30.8 Å². The number of esters is 2. The van der Waals surface area contributed by atoms with Crippen LogP contribution in [0.1, 0.15) is 36.0 Å². The second-order valence-electron chi connectivity index (χ2n) is 7.94. The van der Waals surface area contributed by atoms with Crippen LogP contribution in [0, 0.1) is 0 Å². The third kappa shape index (κ3) is 3.92. The van der Waals surface area contributed by atoms with Crippen molar-refractivity contribution in [3.05, 3.63) is 95.6 Å². The lowest BCUT2D eigenvalue weighted by Gasteiger charge is -2.37. The molecule has 3 aromatic carbocycles. The molecule has 0 heterocycles. The van der Waals surface area contributed by atoms with Gasteiger partial charge in [-0.2, -0.15) is 0 Å². The highest BCUT2D eigenvalue weighted by Gasteiger charge is 2.45. The van der Waals surface area contributed by atoms with Gasteiger partial charge in [-0.3, -0.25) is 14.9 Å². The molecular formula is C27H27NO4. The summed E-state index contributed by atoms with van der Waals surface area (Å²) in [6, 6.07) is 26.6. The van der Waals surface area contributed by atoms with Gasteiger partial charge in [0.1, 0.15) is 0 Å². The van der Waals surface area contributed by atoms with E-state index in [0.29, 0.717) is 6.42 Å². The van der Waals surface area contributed by atoms with Gasteiger partial charge in [-0.1, -0.05) is 78.9 Å². The van der Waals surface area contributed by atoms with Crippen LogP contribution in [0.4, 0.5) is 0 Å². The first-order chi connectivity index (χ1) is 15.6. The molecule has 1 N–H and O–H groups in total. The maximum atomic E-state index is 12.3. The largest absolute Gasteiger partial charge is 0.469 e. The number of fused-ring (bicyclic) bond motifs is 3. The Bertz CT molecular complexity index is 1060. The molecule has 0 amide bonds. The zero-order valence-electron chi connectivity index (χ0n) is 18.3. The standard InChI is InChI=1S/C27H27NO4/c1-31-25(29)17-16-20(18-26(30)32-2)28-27(19-10-4-3-5-11-19)23-14-8-6-12-21(23)22-13-7-9-15-24(22)27/h3-15,20,28H,16-18H2,1-2H3/t20-/m1/s1. The van der Waals surface area contributed by atoms with Crippen LogP contribution in [0.5, 0.6) is 0 Å². The van der Waals surface area contributed by atoms with Gasteiger partial charge in [-0.05, 0) is 34.2 Å². The van der Waals surface area contributed by atoms with Crippen LogP contribution < -0.4 is 5.32 Å². The van der Waals surface area contributed by atoms with E-state index in [1.807, 2.05) is 42.5 Å². The van der Waals surface area contributed by atoms with Crippen molar-refractivity contribution >= 4 is 11.9 Å². The van der Waals surface area contributed by atoms with Crippen molar-refractivity contribution in [1.29, 1.82) is 0 Å². The van der Waals surface area contributed by atoms with E-state index in [0.717, 1.165) is 27.8 Å². The minimum absolute atomic E-state index is 0.145. The summed E-state index contributed by atoms with van der Waals surface area (Å²) in [6.07, 6.45) is 0.798. The molecule has 1 atom stereocenters. The number of hydrogen-bond donors (Lipinski definition) is 1. The molecule has 1 aliphatic carbocycles. The maximum Gasteiger partial charge on any atom is 0.307 e. The average Bonchev–Trinajstić information content (AvgIpc) is 3.13. The molecule has 0 spiro atoms. The Kier molecular flexibility index (Phi) is 6.37. The Morgan fingerprint density at radius 1 is 0.781 bits per heavy atom. The average molecular weight is 430 g/mol. The van der Waals surface area contributed by atoms with Gasteiger partial charge in [-0.15, -0.1) is 0 Å². The minimum Gasteiger partial charge on any atom is -0.469 e. The van der Waals surface area contributed by atoms with Crippen molar-refractivity contribution < 1.29 is 19.1 Å². The third-order valence-electron chi connectivity index (χ3n) is 6.15. The summed E-state index contributed by atoms with van der Waals surface area (Å²) in [6.45, 7) is 0. The van der Waals surface area contributed by atoms with Gasteiger partial charge in [0.25, 0.3) is 0 Å². The predicted octanol–water partition coefficient (Wildman–Crippen LogP) is 4.43. The van der Waals surface area contributed by atoms with Crippen LogP contribution in [0.3, 0.4) is 0 Å². The van der Waals surface area contributed by atoms with Gasteiger partial charge in [-0.25, -0.2) is 0 Å². The SMILES string of the molecule is COC(=O)CC[C@H](CC(=O)OC)NC1(c2ccccc2)c2ccccc2-c2ccccc21. The molecule has 0 saturated heterocycles. The van der Waals surface area contributed by atoms with Crippen molar-refractivity contribution in [3.63, 3.8) is 0 Å². The number of carbonyl (C=O) groups is 2. The molecule has 0 aliphatic heterocycles. The number of methoxy groups -OCH3 is 2. The molecule has 0 bridgehead atoms. The molecule has 4 rings (SSSR count). The third-order valence-corrected chi connectivity index (χ3v) is 6.15. The molecule has 1 aliphatic rings. The summed E-state index contributed by atoms with van der Waals surface area (Å²) < 4.78 is 9.80. The number of hydrogen-bond acceptors (Lipinski definition) is 5. The van der Waals surface area contributed by atoms with Gasteiger partial charge in [0.15, 0.2) is 0 Å². The van der Waals surface area contributed by atoms with Crippen LogP contribution in [0.25, 0.3) is 11.1 Å². The second kappa shape index (κ2) is 9.37. The van der Waals surface area contributed by atoms with Crippen LogP contribution in [-0.2, 0) is 24.6 Å². The second-order valence-corrected chi connectivity index (χ2v) is 7.94. The fraction of sp³-hybridized carbons (Fsp3) is 0.259. The van der Waals surface area contributed by atoms with Gasteiger partial charge in [0, 0.05) is 12.5 Å². The molecule has 164 valence electrons.